The number of benzene rings is 3. The third-order valence-electron chi connectivity index (χ3n) is 4.27. The van der Waals surface area contributed by atoms with Crippen LogP contribution in [0.1, 0.15) is 16.1 Å². The van der Waals surface area contributed by atoms with Gasteiger partial charge in [-0.2, -0.15) is 5.10 Å². The highest BCUT2D eigenvalue weighted by molar-refractivity contribution is 7.99. The second-order valence-electron chi connectivity index (χ2n) is 6.38. The molecule has 0 aliphatic carbocycles. The van der Waals surface area contributed by atoms with Gasteiger partial charge in [0, 0.05) is 16.1 Å². The molecule has 4 aromatic rings. The summed E-state index contributed by atoms with van der Waals surface area (Å²) in [6.45, 7) is 2.02. The van der Waals surface area contributed by atoms with Crippen LogP contribution in [0.3, 0.4) is 0 Å². The molecule has 3 aromatic carbocycles. The molecule has 0 atom stereocenters. The van der Waals surface area contributed by atoms with Crippen LogP contribution < -0.4 is 5.32 Å². The summed E-state index contributed by atoms with van der Waals surface area (Å²) >= 11 is 1.53. The summed E-state index contributed by atoms with van der Waals surface area (Å²) in [5.74, 6) is -0.211. The first-order valence-electron chi connectivity index (χ1n) is 8.95. The van der Waals surface area contributed by atoms with Crippen LogP contribution in [0.5, 0.6) is 0 Å². The number of nitrogens with zero attached hydrogens (tertiary/aromatic N) is 1. The number of rotatable bonds is 5. The second kappa shape index (κ2) is 8.15. The lowest BCUT2D eigenvalue weighted by Crippen LogP contribution is -2.13. The average Bonchev–Trinajstić information content (AvgIpc) is 3.15. The van der Waals surface area contributed by atoms with Crippen molar-refractivity contribution in [3.63, 3.8) is 0 Å². The first-order chi connectivity index (χ1) is 13.7. The maximum atomic E-state index is 13.0. The summed E-state index contributed by atoms with van der Waals surface area (Å²) in [6, 6.07) is 27.6. The minimum Gasteiger partial charge on any atom is -0.321 e. The molecule has 1 heterocycles. The lowest BCUT2D eigenvalue weighted by atomic mass is 10.1. The van der Waals surface area contributed by atoms with Crippen LogP contribution in [0, 0.1) is 6.92 Å². The second-order valence-corrected chi connectivity index (χ2v) is 7.46. The lowest BCUT2D eigenvalue weighted by Gasteiger charge is -2.08. The molecule has 0 aliphatic rings. The summed E-state index contributed by atoms with van der Waals surface area (Å²) in [4.78, 5) is 14.8. The molecule has 0 saturated carbocycles. The largest absolute Gasteiger partial charge is 0.321 e. The van der Waals surface area contributed by atoms with Gasteiger partial charge in [-0.1, -0.05) is 78.0 Å². The fourth-order valence-electron chi connectivity index (χ4n) is 2.81. The molecule has 4 rings (SSSR count). The van der Waals surface area contributed by atoms with Crippen LogP contribution in [-0.4, -0.2) is 16.1 Å². The minimum atomic E-state index is -0.211. The highest BCUT2D eigenvalue weighted by Crippen LogP contribution is 2.37. The number of carbonyl (C=O) groups is 1. The SMILES string of the molecule is Cc1ccc(NC(=O)c2[nH]nc(-c3ccccc3)c2Sc2ccccc2)cc1. The lowest BCUT2D eigenvalue weighted by molar-refractivity contribution is 0.101. The Morgan fingerprint density at radius 1 is 0.893 bits per heavy atom. The molecule has 0 spiro atoms. The molecular weight excluding hydrogens is 366 g/mol. The zero-order valence-corrected chi connectivity index (χ0v) is 16.2. The van der Waals surface area contributed by atoms with Crippen LogP contribution in [-0.2, 0) is 0 Å². The summed E-state index contributed by atoms with van der Waals surface area (Å²) in [5, 5.41) is 10.3. The van der Waals surface area contributed by atoms with Gasteiger partial charge in [0.15, 0.2) is 0 Å². The first-order valence-corrected chi connectivity index (χ1v) is 9.77. The highest BCUT2D eigenvalue weighted by Gasteiger charge is 2.21. The van der Waals surface area contributed by atoms with Gasteiger partial charge in [0.05, 0.1) is 4.90 Å². The van der Waals surface area contributed by atoms with E-state index in [0.717, 1.165) is 32.3 Å². The van der Waals surface area contributed by atoms with Crippen molar-refractivity contribution in [3.05, 3.63) is 96.2 Å². The van der Waals surface area contributed by atoms with Crippen LogP contribution >= 0.6 is 11.8 Å². The van der Waals surface area contributed by atoms with E-state index in [1.807, 2.05) is 91.9 Å². The van der Waals surface area contributed by atoms with Crippen molar-refractivity contribution >= 4 is 23.4 Å². The summed E-state index contributed by atoms with van der Waals surface area (Å²) < 4.78 is 0. The number of aromatic nitrogens is 2. The van der Waals surface area contributed by atoms with Crippen molar-refractivity contribution in [3.8, 4) is 11.3 Å². The van der Waals surface area contributed by atoms with Gasteiger partial charge in [0.25, 0.3) is 5.91 Å². The van der Waals surface area contributed by atoms with E-state index in [4.69, 9.17) is 0 Å². The Morgan fingerprint density at radius 2 is 1.54 bits per heavy atom. The summed E-state index contributed by atoms with van der Waals surface area (Å²) in [5.41, 5.74) is 4.08. The molecule has 2 N–H and O–H groups in total. The Morgan fingerprint density at radius 3 is 2.21 bits per heavy atom. The van der Waals surface area contributed by atoms with Crippen LogP contribution in [0.2, 0.25) is 0 Å². The molecule has 0 radical (unpaired) electrons. The van der Waals surface area contributed by atoms with Crippen molar-refractivity contribution in [1.29, 1.82) is 0 Å². The molecular formula is C23H19N3OS. The van der Waals surface area contributed by atoms with Crippen molar-refractivity contribution in [2.75, 3.05) is 5.32 Å². The molecule has 0 saturated heterocycles. The van der Waals surface area contributed by atoms with Crippen LogP contribution in [0.25, 0.3) is 11.3 Å². The summed E-state index contributed by atoms with van der Waals surface area (Å²) in [6.07, 6.45) is 0. The van der Waals surface area contributed by atoms with Gasteiger partial charge in [0.1, 0.15) is 11.4 Å². The monoisotopic (exact) mass is 385 g/mol. The number of aromatic amines is 1. The zero-order chi connectivity index (χ0) is 19.3. The molecule has 5 heteroatoms. The van der Waals surface area contributed by atoms with Gasteiger partial charge in [-0.05, 0) is 31.2 Å². The number of hydrogen-bond acceptors (Lipinski definition) is 3. The average molecular weight is 385 g/mol. The van der Waals surface area contributed by atoms with Crippen molar-refractivity contribution in [2.45, 2.75) is 16.7 Å². The highest BCUT2D eigenvalue weighted by atomic mass is 32.2. The van der Waals surface area contributed by atoms with E-state index in [1.54, 1.807) is 0 Å². The standard InChI is InChI=1S/C23H19N3OS/c1-16-12-14-18(15-13-16)24-23(27)21-22(28-19-10-6-3-7-11-19)20(25-26-21)17-8-4-2-5-9-17/h2-15H,1H3,(H,24,27)(H,25,26). The number of aryl methyl sites for hydroxylation is 1. The number of carbonyl (C=O) groups excluding carboxylic acids is 1. The molecule has 0 unspecified atom stereocenters. The van der Waals surface area contributed by atoms with Gasteiger partial charge in [-0.25, -0.2) is 0 Å². The Hall–Kier alpha value is -3.31. The minimum absolute atomic E-state index is 0.211. The Kier molecular flexibility index (Phi) is 5.26. The molecule has 28 heavy (non-hydrogen) atoms. The number of H-pyrrole nitrogens is 1. The van der Waals surface area contributed by atoms with Gasteiger partial charge in [0.2, 0.25) is 0 Å². The number of hydrogen-bond donors (Lipinski definition) is 2. The van der Waals surface area contributed by atoms with E-state index in [-0.39, 0.29) is 5.91 Å². The Bertz CT molecular complexity index is 1070. The first kappa shape index (κ1) is 18.1. The predicted octanol–water partition coefficient (Wildman–Crippen LogP) is 5.79. The summed E-state index contributed by atoms with van der Waals surface area (Å²) in [7, 11) is 0. The normalized spacial score (nSPS) is 10.6. The topological polar surface area (TPSA) is 57.8 Å². The van der Waals surface area contributed by atoms with Crippen molar-refractivity contribution in [2.24, 2.45) is 0 Å². The van der Waals surface area contributed by atoms with E-state index in [2.05, 4.69) is 15.5 Å². The molecule has 0 fully saturated rings. The molecule has 4 nitrogen and oxygen atoms in total. The third kappa shape index (κ3) is 4.00. The van der Waals surface area contributed by atoms with Crippen LogP contribution in [0.4, 0.5) is 5.69 Å². The van der Waals surface area contributed by atoms with Gasteiger partial charge in [-0.15, -0.1) is 0 Å². The van der Waals surface area contributed by atoms with Gasteiger partial charge in [-0.3, -0.25) is 9.89 Å². The molecule has 0 aliphatic heterocycles. The van der Waals surface area contributed by atoms with E-state index in [1.165, 1.54) is 11.8 Å². The fraction of sp³-hybridized carbons (Fsp3) is 0.0435. The van der Waals surface area contributed by atoms with Crippen LogP contribution in [0.15, 0.2) is 94.7 Å². The van der Waals surface area contributed by atoms with Gasteiger partial charge < -0.3 is 5.32 Å². The Balaban J connectivity index is 1.71. The fourth-order valence-corrected chi connectivity index (χ4v) is 3.84. The number of nitrogens with one attached hydrogen (secondary N) is 2. The molecule has 1 amide bonds. The quantitative estimate of drug-likeness (QED) is 0.457. The van der Waals surface area contributed by atoms with E-state index >= 15 is 0 Å². The smallest absolute Gasteiger partial charge is 0.274 e. The van der Waals surface area contributed by atoms with Crippen molar-refractivity contribution < 1.29 is 4.79 Å². The van der Waals surface area contributed by atoms with Crippen molar-refractivity contribution in [1.82, 2.24) is 10.2 Å². The van der Waals surface area contributed by atoms with Gasteiger partial charge >= 0.3 is 0 Å². The zero-order valence-electron chi connectivity index (χ0n) is 15.3. The third-order valence-corrected chi connectivity index (χ3v) is 5.38. The molecule has 1 aromatic heterocycles. The maximum Gasteiger partial charge on any atom is 0.274 e. The maximum absolute atomic E-state index is 13.0. The van der Waals surface area contributed by atoms with E-state index < -0.39 is 0 Å². The molecule has 0 bridgehead atoms. The van der Waals surface area contributed by atoms with E-state index in [9.17, 15) is 4.79 Å². The molecule has 138 valence electrons. The predicted molar refractivity (Wildman–Crippen MR) is 114 cm³/mol. The Labute approximate surface area is 168 Å². The number of anilines is 1. The van der Waals surface area contributed by atoms with E-state index in [0.29, 0.717) is 5.69 Å². The number of amides is 1.